The fraction of sp³-hybridized carbons (Fsp3) is 0.571. The monoisotopic (exact) mass is 313 g/mol. The molecule has 1 saturated carbocycles. The van der Waals surface area contributed by atoms with E-state index in [9.17, 15) is 0 Å². The molecule has 94 valence electrons. The van der Waals surface area contributed by atoms with Crippen LogP contribution in [0.3, 0.4) is 0 Å². The van der Waals surface area contributed by atoms with E-state index in [1.54, 1.807) is 0 Å². The topological polar surface area (TPSA) is 12.0 Å². The molecule has 1 fully saturated rings. The summed E-state index contributed by atoms with van der Waals surface area (Å²) in [5, 5.41) is 4.17. The molecule has 3 atom stereocenters. The SMILES string of the molecule is CNC1CCC(C)CC1Sc1ccccc1Br. The Morgan fingerprint density at radius 2 is 2.06 bits per heavy atom. The van der Waals surface area contributed by atoms with Crippen molar-refractivity contribution >= 4 is 27.7 Å². The van der Waals surface area contributed by atoms with Crippen molar-refractivity contribution < 1.29 is 0 Å². The summed E-state index contributed by atoms with van der Waals surface area (Å²) < 4.78 is 1.22. The van der Waals surface area contributed by atoms with Gasteiger partial charge in [-0.3, -0.25) is 0 Å². The van der Waals surface area contributed by atoms with E-state index in [-0.39, 0.29) is 0 Å². The van der Waals surface area contributed by atoms with Gasteiger partial charge in [0.05, 0.1) is 0 Å². The van der Waals surface area contributed by atoms with Crippen molar-refractivity contribution in [3.63, 3.8) is 0 Å². The molecular weight excluding hydrogens is 294 g/mol. The second-order valence-electron chi connectivity index (χ2n) is 4.90. The molecule has 1 N–H and O–H groups in total. The van der Waals surface area contributed by atoms with Gasteiger partial charge in [-0.2, -0.15) is 0 Å². The predicted octanol–water partition coefficient (Wildman–Crippen LogP) is 4.32. The molecule has 2 rings (SSSR count). The first kappa shape index (κ1) is 13.4. The van der Waals surface area contributed by atoms with Gasteiger partial charge in [0.25, 0.3) is 0 Å². The predicted molar refractivity (Wildman–Crippen MR) is 79.6 cm³/mol. The molecule has 17 heavy (non-hydrogen) atoms. The van der Waals surface area contributed by atoms with Crippen LogP contribution in [0.1, 0.15) is 26.2 Å². The largest absolute Gasteiger partial charge is 0.316 e. The van der Waals surface area contributed by atoms with Gasteiger partial charge in [-0.05, 0) is 60.3 Å². The summed E-state index contributed by atoms with van der Waals surface area (Å²) >= 11 is 5.66. The van der Waals surface area contributed by atoms with Gasteiger partial charge in [-0.1, -0.05) is 19.1 Å². The van der Waals surface area contributed by atoms with Crippen LogP contribution in [0.25, 0.3) is 0 Å². The minimum atomic E-state index is 0.656. The number of nitrogens with one attached hydrogen (secondary N) is 1. The fourth-order valence-corrected chi connectivity index (χ4v) is 4.58. The van der Waals surface area contributed by atoms with Crippen LogP contribution in [0.2, 0.25) is 0 Å². The molecule has 1 aromatic rings. The average molecular weight is 314 g/mol. The van der Waals surface area contributed by atoms with E-state index in [2.05, 4.69) is 59.5 Å². The van der Waals surface area contributed by atoms with E-state index in [0.717, 1.165) is 5.92 Å². The maximum Gasteiger partial charge on any atom is 0.0311 e. The lowest BCUT2D eigenvalue weighted by molar-refractivity contribution is 0.329. The number of hydrogen-bond donors (Lipinski definition) is 1. The Balaban J connectivity index is 2.07. The molecule has 0 bridgehead atoms. The van der Waals surface area contributed by atoms with Gasteiger partial charge in [-0.25, -0.2) is 0 Å². The standard InChI is InChI=1S/C14H20BrNS/c1-10-7-8-12(16-2)14(9-10)17-13-6-4-3-5-11(13)15/h3-6,10,12,14,16H,7-9H2,1-2H3. The summed E-state index contributed by atoms with van der Waals surface area (Å²) in [6, 6.07) is 9.19. The number of rotatable bonds is 3. The molecule has 0 saturated heterocycles. The van der Waals surface area contributed by atoms with Crippen molar-refractivity contribution in [1.82, 2.24) is 5.32 Å². The molecular formula is C14H20BrNS. The van der Waals surface area contributed by atoms with Crippen LogP contribution >= 0.6 is 27.7 Å². The van der Waals surface area contributed by atoms with Crippen LogP contribution < -0.4 is 5.32 Å². The van der Waals surface area contributed by atoms with Crippen LogP contribution in [-0.4, -0.2) is 18.3 Å². The van der Waals surface area contributed by atoms with E-state index in [4.69, 9.17) is 0 Å². The number of halogens is 1. The smallest absolute Gasteiger partial charge is 0.0311 e. The molecule has 0 heterocycles. The zero-order chi connectivity index (χ0) is 12.3. The van der Waals surface area contributed by atoms with Crippen LogP contribution in [0.4, 0.5) is 0 Å². The van der Waals surface area contributed by atoms with Gasteiger partial charge in [0.15, 0.2) is 0 Å². The summed E-state index contributed by atoms with van der Waals surface area (Å²) in [6.45, 7) is 2.37. The minimum absolute atomic E-state index is 0.656. The third kappa shape index (κ3) is 3.49. The summed E-state index contributed by atoms with van der Waals surface area (Å²) in [4.78, 5) is 1.37. The van der Waals surface area contributed by atoms with Crippen molar-refractivity contribution in [3.8, 4) is 0 Å². The summed E-state index contributed by atoms with van der Waals surface area (Å²) in [7, 11) is 2.09. The highest BCUT2D eigenvalue weighted by molar-refractivity contribution is 9.10. The van der Waals surface area contributed by atoms with Crippen molar-refractivity contribution in [3.05, 3.63) is 28.7 Å². The first-order chi connectivity index (χ1) is 8.20. The van der Waals surface area contributed by atoms with E-state index in [0.29, 0.717) is 11.3 Å². The molecule has 0 spiro atoms. The van der Waals surface area contributed by atoms with E-state index >= 15 is 0 Å². The molecule has 1 aliphatic rings. The lowest BCUT2D eigenvalue weighted by atomic mass is 9.87. The van der Waals surface area contributed by atoms with Crippen LogP contribution in [0.15, 0.2) is 33.6 Å². The highest BCUT2D eigenvalue weighted by Crippen LogP contribution is 2.38. The Kier molecular flexibility index (Phi) is 4.95. The van der Waals surface area contributed by atoms with Gasteiger partial charge >= 0.3 is 0 Å². The Labute approximate surface area is 117 Å². The van der Waals surface area contributed by atoms with Gasteiger partial charge < -0.3 is 5.32 Å². The van der Waals surface area contributed by atoms with E-state index < -0.39 is 0 Å². The van der Waals surface area contributed by atoms with Crippen molar-refractivity contribution in [1.29, 1.82) is 0 Å². The summed E-state index contributed by atoms with van der Waals surface area (Å²) in [6.07, 6.45) is 3.98. The molecule has 0 amide bonds. The third-order valence-electron chi connectivity index (χ3n) is 3.54. The molecule has 3 unspecified atom stereocenters. The van der Waals surface area contributed by atoms with Crippen molar-refractivity contribution in [2.24, 2.45) is 5.92 Å². The van der Waals surface area contributed by atoms with Crippen LogP contribution in [0, 0.1) is 5.92 Å². The Bertz CT molecular complexity index is 369. The molecule has 1 nitrogen and oxygen atoms in total. The van der Waals surface area contributed by atoms with Crippen LogP contribution in [0.5, 0.6) is 0 Å². The molecule has 0 radical (unpaired) electrons. The second kappa shape index (κ2) is 6.26. The number of thioether (sulfide) groups is 1. The maximum absolute atomic E-state index is 3.64. The highest BCUT2D eigenvalue weighted by Gasteiger charge is 2.28. The van der Waals surface area contributed by atoms with Gasteiger partial charge in [0, 0.05) is 20.7 Å². The lowest BCUT2D eigenvalue weighted by Crippen LogP contribution is -2.40. The van der Waals surface area contributed by atoms with Gasteiger partial charge in [0.1, 0.15) is 0 Å². The second-order valence-corrected chi connectivity index (χ2v) is 7.04. The molecule has 3 heteroatoms. The third-order valence-corrected chi connectivity index (χ3v) is 5.93. The number of benzene rings is 1. The molecule has 0 aliphatic heterocycles. The quantitative estimate of drug-likeness (QED) is 0.892. The van der Waals surface area contributed by atoms with Gasteiger partial charge in [-0.15, -0.1) is 11.8 Å². The molecule has 1 aromatic carbocycles. The first-order valence-corrected chi connectivity index (χ1v) is 7.96. The van der Waals surface area contributed by atoms with E-state index in [1.807, 2.05) is 11.8 Å². The lowest BCUT2D eigenvalue weighted by Gasteiger charge is -2.34. The van der Waals surface area contributed by atoms with Crippen molar-refractivity contribution in [2.75, 3.05) is 7.05 Å². The Morgan fingerprint density at radius 1 is 1.29 bits per heavy atom. The summed E-state index contributed by atoms with van der Waals surface area (Å²) in [5.74, 6) is 0.861. The molecule has 0 aromatic heterocycles. The molecule has 1 aliphatic carbocycles. The Morgan fingerprint density at radius 3 is 2.76 bits per heavy atom. The van der Waals surface area contributed by atoms with Gasteiger partial charge in [0.2, 0.25) is 0 Å². The maximum atomic E-state index is 3.64. The average Bonchev–Trinajstić information content (AvgIpc) is 2.32. The van der Waals surface area contributed by atoms with Crippen molar-refractivity contribution in [2.45, 2.75) is 42.4 Å². The normalized spacial score (nSPS) is 29.2. The zero-order valence-electron chi connectivity index (χ0n) is 10.4. The number of hydrogen-bond acceptors (Lipinski definition) is 2. The van der Waals surface area contributed by atoms with Crippen LogP contribution in [-0.2, 0) is 0 Å². The summed E-state index contributed by atoms with van der Waals surface area (Å²) in [5.41, 5.74) is 0. The van der Waals surface area contributed by atoms with E-state index in [1.165, 1.54) is 28.6 Å². The first-order valence-electron chi connectivity index (χ1n) is 6.29. The zero-order valence-corrected chi connectivity index (χ0v) is 12.9. The highest BCUT2D eigenvalue weighted by atomic mass is 79.9. The minimum Gasteiger partial charge on any atom is -0.316 e. The Hall–Kier alpha value is 0.01000. The fourth-order valence-electron chi connectivity index (χ4n) is 2.49.